The van der Waals surface area contributed by atoms with Crippen LogP contribution in [0.4, 0.5) is 15.8 Å². The third-order valence-corrected chi connectivity index (χ3v) is 5.81. The number of anilines is 2. The van der Waals surface area contributed by atoms with Gasteiger partial charge in [0, 0.05) is 25.3 Å². The average molecular weight is 441 g/mol. The maximum absolute atomic E-state index is 14.3. The molecule has 1 fully saturated rings. The molecule has 8 nitrogen and oxygen atoms in total. The second kappa shape index (κ2) is 8.58. The Bertz CT molecular complexity index is 1080. The molecule has 0 radical (unpaired) electrons. The zero-order valence-corrected chi connectivity index (χ0v) is 17.9. The number of rotatable bonds is 7. The fraction of sp³-hybridized carbons (Fsp3) is 0.348. The molecule has 2 aromatic carbocycles. The largest absolute Gasteiger partial charge is 0.488 e. The van der Waals surface area contributed by atoms with Crippen molar-refractivity contribution in [2.45, 2.75) is 25.4 Å². The summed E-state index contributed by atoms with van der Waals surface area (Å²) in [6.45, 7) is 2.03. The molecule has 1 unspecified atom stereocenters. The first kappa shape index (κ1) is 21.8. The second-order valence-electron chi connectivity index (χ2n) is 7.89. The summed E-state index contributed by atoms with van der Waals surface area (Å²) >= 11 is 0. The minimum Gasteiger partial charge on any atom is -0.488 e. The molecule has 9 heteroatoms. The summed E-state index contributed by atoms with van der Waals surface area (Å²) in [5, 5.41) is 2.62. The standard InChI is InChI=1S/C23H24FN3O5/c1-23-10-9-21(29)27(23)18-6-4-3-5-16(18)22(30)26(23)14-20(28)25-15-7-8-19(17(24)13-15)32-12-11-31-2/h3-8,13H,9-12,14H2,1-2H3,(H,25,28). The van der Waals surface area contributed by atoms with Gasteiger partial charge in [-0.1, -0.05) is 12.1 Å². The van der Waals surface area contributed by atoms with Gasteiger partial charge in [-0.05, 0) is 37.6 Å². The third kappa shape index (κ3) is 3.80. The van der Waals surface area contributed by atoms with E-state index in [1.165, 1.54) is 24.1 Å². The lowest BCUT2D eigenvalue weighted by Gasteiger charge is -2.48. The molecule has 0 saturated carbocycles. The Morgan fingerprint density at radius 2 is 1.97 bits per heavy atom. The first-order valence-corrected chi connectivity index (χ1v) is 10.3. The number of carbonyl (C=O) groups is 3. The van der Waals surface area contributed by atoms with Crippen molar-refractivity contribution in [3.8, 4) is 5.75 Å². The molecule has 4 rings (SSSR count). The molecule has 0 aromatic heterocycles. The van der Waals surface area contributed by atoms with Crippen LogP contribution >= 0.6 is 0 Å². The molecule has 2 aromatic rings. The van der Waals surface area contributed by atoms with Crippen molar-refractivity contribution < 1.29 is 28.2 Å². The van der Waals surface area contributed by atoms with E-state index >= 15 is 0 Å². The van der Waals surface area contributed by atoms with Crippen LogP contribution in [0.25, 0.3) is 0 Å². The topological polar surface area (TPSA) is 88.2 Å². The predicted octanol–water partition coefficient (Wildman–Crippen LogP) is 2.79. The van der Waals surface area contributed by atoms with Gasteiger partial charge < -0.3 is 19.7 Å². The number of amides is 3. The first-order valence-electron chi connectivity index (χ1n) is 10.3. The fourth-order valence-electron chi connectivity index (χ4n) is 4.22. The number of nitrogens with zero attached hydrogens (tertiary/aromatic N) is 2. The van der Waals surface area contributed by atoms with Gasteiger partial charge in [-0.2, -0.15) is 0 Å². The number of benzene rings is 2. The quantitative estimate of drug-likeness (QED) is 0.668. The van der Waals surface area contributed by atoms with E-state index in [-0.39, 0.29) is 42.8 Å². The van der Waals surface area contributed by atoms with E-state index in [1.807, 2.05) is 0 Å². The van der Waals surface area contributed by atoms with Crippen LogP contribution in [-0.4, -0.2) is 55.2 Å². The van der Waals surface area contributed by atoms with Gasteiger partial charge in [0.25, 0.3) is 5.91 Å². The third-order valence-electron chi connectivity index (χ3n) is 5.81. The molecule has 2 aliphatic heterocycles. The van der Waals surface area contributed by atoms with Crippen LogP contribution in [0.5, 0.6) is 5.75 Å². The highest BCUT2D eigenvalue weighted by Crippen LogP contribution is 2.43. The van der Waals surface area contributed by atoms with E-state index in [4.69, 9.17) is 9.47 Å². The van der Waals surface area contributed by atoms with Crippen molar-refractivity contribution in [1.82, 2.24) is 4.90 Å². The van der Waals surface area contributed by atoms with E-state index < -0.39 is 17.4 Å². The molecular formula is C23H24FN3O5. The van der Waals surface area contributed by atoms with Crippen LogP contribution in [-0.2, 0) is 14.3 Å². The zero-order valence-electron chi connectivity index (χ0n) is 17.9. The number of fused-ring (bicyclic) bond motifs is 3. The summed E-state index contributed by atoms with van der Waals surface area (Å²) in [7, 11) is 1.52. The summed E-state index contributed by atoms with van der Waals surface area (Å²) in [6.07, 6.45) is 0.702. The van der Waals surface area contributed by atoms with Gasteiger partial charge in [0.2, 0.25) is 11.8 Å². The Hall–Kier alpha value is -3.46. The number of methoxy groups -OCH3 is 1. The minimum absolute atomic E-state index is 0.0514. The molecule has 0 spiro atoms. The number of para-hydroxylation sites is 1. The van der Waals surface area contributed by atoms with Crippen LogP contribution in [0.1, 0.15) is 30.1 Å². The smallest absolute Gasteiger partial charge is 0.258 e. The lowest BCUT2D eigenvalue weighted by Crippen LogP contribution is -2.63. The summed E-state index contributed by atoms with van der Waals surface area (Å²) in [5.74, 6) is -1.48. The highest BCUT2D eigenvalue weighted by Gasteiger charge is 2.53. The number of hydrogen-bond donors (Lipinski definition) is 1. The highest BCUT2D eigenvalue weighted by molar-refractivity contribution is 6.11. The van der Waals surface area contributed by atoms with E-state index in [0.717, 1.165) is 6.07 Å². The monoisotopic (exact) mass is 441 g/mol. The Morgan fingerprint density at radius 3 is 2.72 bits per heavy atom. The van der Waals surface area contributed by atoms with E-state index in [2.05, 4.69) is 5.32 Å². The van der Waals surface area contributed by atoms with Crippen molar-refractivity contribution >= 4 is 29.1 Å². The summed E-state index contributed by atoms with van der Waals surface area (Å²) in [4.78, 5) is 41.6. The molecule has 3 amide bonds. The van der Waals surface area contributed by atoms with Gasteiger partial charge in [0.05, 0.1) is 17.9 Å². The van der Waals surface area contributed by atoms with E-state index in [0.29, 0.717) is 24.3 Å². The van der Waals surface area contributed by atoms with Crippen molar-refractivity contribution in [3.05, 3.63) is 53.8 Å². The lowest BCUT2D eigenvalue weighted by molar-refractivity contribution is -0.120. The highest BCUT2D eigenvalue weighted by atomic mass is 19.1. The molecule has 168 valence electrons. The normalized spacial score (nSPS) is 19.6. The Labute approximate surface area is 184 Å². The zero-order chi connectivity index (χ0) is 22.9. The molecular weight excluding hydrogens is 417 g/mol. The van der Waals surface area contributed by atoms with Crippen molar-refractivity contribution in [3.63, 3.8) is 0 Å². The molecule has 1 saturated heterocycles. The lowest BCUT2D eigenvalue weighted by atomic mass is 9.98. The first-order chi connectivity index (χ1) is 15.3. The molecule has 0 aliphatic carbocycles. The van der Waals surface area contributed by atoms with Gasteiger partial charge in [-0.3, -0.25) is 19.3 Å². The Kier molecular flexibility index (Phi) is 5.84. The number of nitrogens with one attached hydrogen (secondary N) is 1. The summed E-state index contributed by atoms with van der Waals surface area (Å²) in [5.41, 5.74) is 0.229. The van der Waals surface area contributed by atoms with Gasteiger partial charge in [0.1, 0.15) is 18.8 Å². The van der Waals surface area contributed by atoms with Gasteiger partial charge in [0.15, 0.2) is 11.6 Å². The molecule has 0 bridgehead atoms. The van der Waals surface area contributed by atoms with E-state index in [9.17, 15) is 18.8 Å². The Morgan fingerprint density at radius 1 is 1.19 bits per heavy atom. The maximum atomic E-state index is 14.3. The van der Waals surface area contributed by atoms with Crippen molar-refractivity contribution in [2.75, 3.05) is 37.1 Å². The van der Waals surface area contributed by atoms with E-state index in [1.54, 1.807) is 36.1 Å². The van der Waals surface area contributed by atoms with Gasteiger partial charge in [-0.25, -0.2) is 4.39 Å². The summed E-state index contributed by atoms with van der Waals surface area (Å²) in [6, 6.07) is 11.0. The molecule has 1 N–H and O–H groups in total. The minimum atomic E-state index is -0.940. The fourth-order valence-corrected chi connectivity index (χ4v) is 4.22. The van der Waals surface area contributed by atoms with Crippen LogP contribution in [0.15, 0.2) is 42.5 Å². The summed E-state index contributed by atoms with van der Waals surface area (Å²) < 4.78 is 24.4. The predicted molar refractivity (Wildman–Crippen MR) is 115 cm³/mol. The molecule has 1 atom stereocenters. The molecule has 32 heavy (non-hydrogen) atoms. The number of hydrogen-bond acceptors (Lipinski definition) is 5. The molecule has 2 aliphatic rings. The maximum Gasteiger partial charge on any atom is 0.258 e. The number of carbonyl (C=O) groups excluding carboxylic acids is 3. The number of halogens is 1. The van der Waals surface area contributed by atoms with Crippen molar-refractivity contribution in [2.24, 2.45) is 0 Å². The average Bonchev–Trinajstić information content (AvgIpc) is 3.08. The van der Waals surface area contributed by atoms with Gasteiger partial charge in [-0.15, -0.1) is 0 Å². The molecule has 2 heterocycles. The SMILES string of the molecule is COCCOc1ccc(NC(=O)CN2C(=O)c3ccccc3N3C(=O)CCC23C)cc1F. The van der Waals surface area contributed by atoms with Crippen LogP contribution in [0, 0.1) is 5.82 Å². The van der Waals surface area contributed by atoms with Crippen molar-refractivity contribution in [1.29, 1.82) is 0 Å². The van der Waals surface area contributed by atoms with Crippen LogP contribution in [0.3, 0.4) is 0 Å². The Balaban J connectivity index is 1.51. The van der Waals surface area contributed by atoms with Crippen LogP contribution in [0.2, 0.25) is 0 Å². The number of ether oxygens (including phenoxy) is 2. The van der Waals surface area contributed by atoms with Crippen LogP contribution < -0.4 is 15.0 Å². The van der Waals surface area contributed by atoms with Gasteiger partial charge >= 0.3 is 0 Å². The second-order valence-corrected chi connectivity index (χ2v) is 7.89.